The van der Waals surface area contributed by atoms with E-state index in [2.05, 4.69) is 21.9 Å². The van der Waals surface area contributed by atoms with Gasteiger partial charge in [-0.2, -0.15) is 0 Å². The van der Waals surface area contributed by atoms with E-state index in [1.807, 2.05) is 0 Å². The van der Waals surface area contributed by atoms with Crippen LogP contribution in [0.1, 0.15) is 10.4 Å². The van der Waals surface area contributed by atoms with Gasteiger partial charge in [0.25, 0.3) is 5.91 Å². The van der Waals surface area contributed by atoms with Gasteiger partial charge in [0.1, 0.15) is 5.75 Å². The van der Waals surface area contributed by atoms with E-state index in [9.17, 15) is 4.79 Å². The highest BCUT2D eigenvalue weighted by Crippen LogP contribution is 2.24. The quantitative estimate of drug-likeness (QED) is 0.795. The smallest absolute Gasteiger partial charge is 0.258 e. The van der Waals surface area contributed by atoms with Crippen molar-refractivity contribution in [3.8, 4) is 18.1 Å². The van der Waals surface area contributed by atoms with E-state index in [1.165, 1.54) is 12.0 Å². The van der Waals surface area contributed by atoms with Crippen molar-refractivity contribution in [2.45, 2.75) is 0 Å². The summed E-state index contributed by atoms with van der Waals surface area (Å²) in [4.78, 5) is 13.4. The first kappa shape index (κ1) is 12.6. The zero-order valence-electron chi connectivity index (χ0n) is 9.16. The second kappa shape index (κ2) is 5.57. The van der Waals surface area contributed by atoms with E-state index in [-0.39, 0.29) is 12.5 Å². The molecule has 0 aliphatic heterocycles. The van der Waals surface area contributed by atoms with Crippen LogP contribution < -0.4 is 4.74 Å². The predicted octanol–water partition coefficient (Wildman–Crippen LogP) is 2.16. The van der Waals surface area contributed by atoms with E-state index in [0.29, 0.717) is 11.3 Å². The van der Waals surface area contributed by atoms with Gasteiger partial charge >= 0.3 is 0 Å². The van der Waals surface area contributed by atoms with Crippen molar-refractivity contribution in [1.29, 1.82) is 0 Å². The highest BCUT2D eigenvalue weighted by Gasteiger charge is 2.15. The first-order valence-corrected chi connectivity index (χ1v) is 5.42. The zero-order valence-corrected chi connectivity index (χ0v) is 10.7. The number of halogens is 1. The fourth-order valence-electron chi connectivity index (χ4n) is 1.26. The Labute approximate surface area is 104 Å². The number of hydrogen-bond donors (Lipinski definition) is 0. The number of methoxy groups -OCH3 is 1. The summed E-state index contributed by atoms with van der Waals surface area (Å²) in [7, 11) is 3.18. The molecule has 4 heteroatoms. The molecule has 0 saturated heterocycles. The number of hydrogen-bond acceptors (Lipinski definition) is 2. The Morgan fingerprint density at radius 3 is 2.88 bits per heavy atom. The zero-order chi connectivity index (χ0) is 12.1. The van der Waals surface area contributed by atoms with Gasteiger partial charge in [0, 0.05) is 11.5 Å². The molecule has 0 N–H and O–H groups in total. The molecule has 0 fully saturated rings. The van der Waals surface area contributed by atoms with Crippen LogP contribution in [0.3, 0.4) is 0 Å². The number of carbonyl (C=O) groups is 1. The molecule has 16 heavy (non-hydrogen) atoms. The summed E-state index contributed by atoms with van der Waals surface area (Å²) in [5, 5.41) is 0. The molecule has 0 aliphatic rings. The minimum atomic E-state index is -0.151. The fourth-order valence-corrected chi connectivity index (χ4v) is 1.60. The van der Waals surface area contributed by atoms with Crippen LogP contribution in [0.15, 0.2) is 22.7 Å². The Hall–Kier alpha value is -1.47. The number of nitrogens with zero attached hydrogens (tertiary/aromatic N) is 1. The normalized spacial score (nSPS) is 9.38. The second-order valence-electron chi connectivity index (χ2n) is 3.21. The summed E-state index contributed by atoms with van der Waals surface area (Å²) in [6.07, 6.45) is 5.16. The van der Waals surface area contributed by atoms with Crippen molar-refractivity contribution >= 4 is 21.8 Å². The van der Waals surface area contributed by atoms with Crippen LogP contribution in [0, 0.1) is 12.3 Å². The number of terminal acetylenes is 1. The third-order valence-corrected chi connectivity index (χ3v) is 2.56. The SMILES string of the molecule is C#CCN(C)C(=O)c1ccc(Br)cc1OC. The minimum Gasteiger partial charge on any atom is -0.496 e. The molecule has 0 aromatic heterocycles. The number of ether oxygens (including phenoxy) is 1. The van der Waals surface area contributed by atoms with Crippen LogP contribution in [0.2, 0.25) is 0 Å². The lowest BCUT2D eigenvalue weighted by Crippen LogP contribution is -2.27. The Kier molecular flexibility index (Phi) is 4.39. The average Bonchev–Trinajstić information content (AvgIpc) is 2.28. The van der Waals surface area contributed by atoms with Crippen LogP contribution in [-0.4, -0.2) is 31.5 Å². The minimum absolute atomic E-state index is 0.151. The molecule has 1 aromatic rings. The highest BCUT2D eigenvalue weighted by atomic mass is 79.9. The van der Waals surface area contributed by atoms with Crippen LogP contribution in [0.4, 0.5) is 0 Å². The Balaban J connectivity index is 3.04. The molecule has 0 aliphatic carbocycles. The summed E-state index contributed by atoms with van der Waals surface area (Å²) in [6.45, 7) is 0.276. The number of carbonyl (C=O) groups excluding carboxylic acids is 1. The van der Waals surface area contributed by atoms with Crippen molar-refractivity contribution in [3.63, 3.8) is 0 Å². The van der Waals surface area contributed by atoms with Crippen molar-refractivity contribution < 1.29 is 9.53 Å². The molecule has 0 saturated carbocycles. The molecular formula is C12H12BrNO2. The molecular weight excluding hydrogens is 270 g/mol. The standard InChI is InChI=1S/C12H12BrNO2/c1-4-7-14(2)12(15)10-6-5-9(13)8-11(10)16-3/h1,5-6,8H,7H2,2-3H3. The monoisotopic (exact) mass is 281 g/mol. The molecule has 0 heterocycles. The van der Waals surface area contributed by atoms with Crippen molar-refractivity contribution in [1.82, 2.24) is 4.90 Å². The van der Waals surface area contributed by atoms with Gasteiger partial charge in [0.2, 0.25) is 0 Å². The molecule has 1 rings (SSSR count). The average molecular weight is 282 g/mol. The van der Waals surface area contributed by atoms with Crippen molar-refractivity contribution in [2.75, 3.05) is 20.7 Å². The maximum absolute atomic E-state index is 12.0. The maximum Gasteiger partial charge on any atom is 0.258 e. The van der Waals surface area contributed by atoms with Gasteiger partial charge in [-0.3, -0.25) is 4.79 Å². The third-order valence-electron chi connectivity index (χ3n) is 2.07. The first-order valence-electron chi connectivity index (χ1n) is 4.62. The Morgan fingerprint density at radius 1 is 1.62 bits per heavy atom. The van der Waals surface area contributed by atoms with Gasteiger partial charge in [0.05, 0.1) is 19.2 Å². The van der Waals surface area contributed by atoms with Gasteiger partial charge in [-0.25, -0.2) is 0 Å². The summed E-state index contributed by atoms with van der Waals surface area (Å²) in [5.74, 6) is 2.80. The molecule has 0 radical (unpaired) electrons. The van der Waals surface area contributed by atoms with E-state index in [4.69, 9.17) is 11.2 Å². The number of rotatable bonds is 3. The van der Waals surface area contributed by atoms with Gasteiger partial charge < -0.3 is 9.64 Å². The molecule has 0 atom stereocenters. The Morgan fingerprint density at radius 2 is 2.31 bits per heavy atom. The number of amides is 1. The van der Waals surface area contributed by atoms with Gasteiger partial charge in [-0.1, -0.05) is 21.9 Å². The van der Waals surface area contributed by atoms with E-state index in [1.54, 1.807) is 25.2 Å². The summed E-state index contributed by atoms with van der Waals surface area (Å²) in [6, 6.07) is 5.24. The summed E-state index contributed by atoms with van der Waals surface area (Å²) in [5.41, 5.74) is 0.503. The van der Waals surface area contributed by atoms with E-state index >= 15 is 0 Å². The van der Waals surface area contributed by atoms with Crippen molar-refractivity contribution in [3.05, 3.63) is 28.2 Å². The maximum atomic E-state index is 12.0. The lowest BCUT2D eigenvalue weighted by Gasteiger charge is -2.16. The number of benzene rings is 1. The second-order valence-corrected chi connectivity index (χ2v) is 4.13. The van der Waals surface area contributed by atoms with E-state index in [0.717, 1.165) is 4.47 Å². The Bertz CT molecular complexity index is 437. The van der Waals surface area contributed by atoms with Crippen LogP contribution in [0.5, 0.6) is 5.75 Å². The third kappa shape index (κ3) is 2.77. The molecule has 1 amide bonds. The van der Waals surface area contributed by atoms with E-state index < -0.39 is 0 Å². The highest BCUT2D eigenvalue weighted by molar-refractivity contribution is 9.10. The van der Waals surface area contributed by atoms with Gasteiger partial charge in [-0.05, 0) is 18.2 Å². The van der Waals surface area contributed by atoms with Crippen LogP contribution in [0.25, 0.3) is 0 Å². The topological polar surface area (TPSA) is 29.5 Å². The molecule has 0 unspecified atom stereocenters. The summed E-state index contributed by atoms with van der Waals surface area (Å²) >= 11 is 3.32. The van der Waals surface area contributed by atoms with Crippen LogP contribution in [-0.2, 0) is 0 Å². The molecule has 3 nitrogen and oxygen atoms in total. The van der Waals surface area contributed by atoms with Crippen LogP contribution >= 0.6 is 15.9 Å². The molecule has 0 bridgehead atoms. The lowest BCUT2D eigenvalue weighted by atomic mass is 10.2. The molecule has 1 aromatic carbocycles. The fraction of sp³-hybridized carbons (Fsp3) is 0.250. The first-order chi connectivity index (χ1) is 7.60. The van der Waals surface area contributed by atoms with Gasteiger partial charge in [-0.15, -0.1) is 6.42 Å². The summed E-state index contributed by atoms with van der Waals surface area (Å²) < 4.78 is 6.01. The van der Waals surface area contributed by atoms with Gasteiger partial charge in [0.15, 0.2) is 0 Å². The molecule has 0 spiro atoms. The van der Waals surface area contributed by atoms with Crippen molar-refractivity contribution in [2.24, 2.45) is 0 Å². The predicted molar refractivity (Wildman–Crippen MR) is 66.5 cm³/mol. The molecule has 84 valence electrons. The largest absolute Gasteiger partial charge is 0.496 e. The lowest BCUT2D eigenvalue weighted by molar-refractivity contribution is 0.0809.